The first-order valence-corrected chi connectivity index (χ1v) is 10.2. The van der Waals surface area contributed by atoms with Crippen LogP contribution in [0, 0.1) is 13.8 Å². The van der Waals surface area contributed by atoms with Gasteiger partial charge in [0.15, 0.2) is 6.10 Å². The standard InChI is InChI=1S/C23H28N2O5/c1-13(2)29-22(27)19-14(3)20(24-15(19)4)23(28)30-16(5)21(26)25-11-10-17-8-6-7-9-18(17)12-25/h6-9,13,16,24H,10-12H2,1-5H3/t16-/m0/s1. The molecule has 1 N–H and O–H groups in total. The summed E-state index contributed by atoms with van der Waals surface area (Å²) in [5.41, 5.74) is 3.81. The highest BCUT2D eigenvalue weighted by Crippen LogP contribution is 2.22. The van der Waals surface area contributed by atoms with E-state index < -0.39 is 18.0 Å². The van der Waals surface area contributed by atoms with E-state index in [2.05, 4.69) is 11.1 Å². The molecular weight excluding hydrogens is 384 g/mol. The predicted octanol–water partition coefficient (Wildman–Crippen LogP) is 3.33. The molecular formula is C23H28N2O5. The van der Waals surface area contributed by atoms with Crippen molar-refractivity contribution in [1.29, 1.82) is 0 Å². The molecule has 160 valence electrons. The van der Waals surface area contributed by atoms with Gasteiger partial charge in [0, 0.05) is 18.8 Å². The number of hydrogen-bond acceptors (Lipinski definition) is 5. The van der Waals surface area contributed by atoms with Crippen LogP contribution in [0.25, 0.3) is 0 Å². The molecule has 1 aliphatic heterocycles. The van der Waals surface area contributed by atoms with Crippen molar-refractivity contribution in [3.8, 4) is 0 Å². The van der Waals surface area contributed by atoms with Gasteiger partial charge < -0.3 is 19.4 Å². The van der Waals surface area contributed by atoms with E-state index in [1.54, 1.807) is 39.5 Å². The van der Waals surface area contributed by atoms with Gasteiger partial charge in [-0.25, -0.2) is 9.59 Å². The molecule has 0 saturated carbocycles. The first kappa shape index (κ1) is 21.6. The van der Waals surface area contributed by atoms with Gasteiger partial charge in [0.05, 0.1) is 11.7 Å². The number of aromatic nitrogens is 1. The van der Waals surface area contributed by atoms with Crippen LogP contribution in [0.15, 0.2) is 24.3 Å². The van der Waals surface area contributed by atoms with Gasteiger partial charge in [-0.3, -0.25) is 4.79 Å². The number of aromatic amines is 1. The quantitative estimate of drug-likeness (QED) is 0.761. The summed E-state index contributed by atoms with van der Waals surface area (Å²) in [6.45, 7) is 9.53. The molecule has 0 fully saturated rings. The highest BCUT2D eigenvalue weighted by Gasteiger charge is 2.30. The second-order valence-electron chi connectivity index (χ2n) is 7.91. The number of hydrogen-bond donors (Lipinski definition) is 1. The van der Waals surface area contributed by atoms with Crippen molar-refractivity contribution in [2.24, 2.45) is 0 Å². The Labute approximate surface area is 176 Å². The van der Waals surface area contributed by atoms with Crippen LogP contribution in [0.5, 0.6) is 0 Å². The largest absolute Gasteiger partial charge is 0.459 e. The lowest BCUT2D eigenvalue weighted by Crippen LogP contribution is -2.42. The lowest BCUT2D eigenvalue weighted by Gasteiger charge is -2.30. The van der Waals surface area contributed by atoms with Crippen molar-refractivity contribution in [2.45, 2.75) is 59.8 Å². The number of nitrogens with zero attached hydrogens (tertiary/aromatic N) is 1. The number of benzene rings is 1. The Kier molecular flexibility index (Phi) is 6.29. The summed E-state index contributed by atoms with van der Waals surface area (Å²) < 4.78 is 10.7. The van der Waals surface area contributed by atoms with E-state index in [4.69, 9.17) is 9.47 Å². The zero-order valence-electron chi connectivity index (χ0n) is 18.1. The molecule has 1 aromatic carbocycles. The third-order valence-corrected chi connectivity index (χ3v) is 5.26. The molecule has 0 saturated heterocycles. The molecule has 0 radical (unpaired) electrons. The molecule has 3 rings (SSSR count). The van der Waals surface area contributed by atoms with Gasteiger partial charge in [0.1, 0.15) is 5.69 Å². The lowest BCUT2D eigenvalue weighted by molar-refractivity contribution is -0.140. The Morgan fingerprint density at radius 3 is 2.33 bits per heavy atom. The highest BCUT2D eigenvalue weighted by atomic mass is 16.6. The molecule has 0 bridgehead atoms. The number of amides is 1. The van der Waals surface area contributed by atoms with Crippen molar-refractivity contribution >= 4 is 17.8 Å². The predicted molar refractivity (Wildman–Crippen MR) is 111 cm³/mol. The van der Waals surface area contributed by atoms with Gasteiger partial charge in [-0.15, -0.1) is 0 Å². The maximum Gasteiger partial charge on any atom is 0.355 e. The number of aryl methyl sites for hydroxylation is 1. The number of rotatable bonds is 5. The average molecular weight is 412 g/mol. The Bertz CT molecular complexity index is 976. The Morgan fingerprint density at radius 1 is 1.00 bits per heavy atom. The first-order valence-electron chi connectivity index (χ1n) is 10.2. The molecule has 0 unspecified atom stereocenters. The summed E-state index contributed by atoms with van der Waals surface area (Å²) in [5.74, 6) is -1.40. The molecule has 30 heavy (non-hydrogen) atoms. The summed E-state index contributed by atoms with van der Waals surface area (Å²) in [6.07, 6.45) is -0.426. The van der Waals surface area contributed by atoms with Gasteiger partial charge in [0.2, 0.25) is 0 Å². The third kappa shape index (κ3) is 4.40. The van der Waals surface area contributed by atoms with Gasteiger partial charge >= 0.3 is 11.9 Å². The van der Waals surface area contributed by atoms with E-state index in [0.29, 0.717) is 29.9 Å². The Balaban J connectivity index is 1.69. The molecule has 0 aliphatic carbocycles. The van der Waals surface area contributed by atoms with E-state index in [0.717, 1.165) is 12.0 Å². The second-order valence-corrected chi connectivity index (χ2v) is 7.91. The number of ether oxygens (including phenoxy) is 2. The minimum absolute atomic E-state index is 0.159. The molecule has 7 heteroatoms. The van der Waals surface area contributed by atoms with Crippen LogP contribution in [-0.4, -0.2) is 46.5 Å². The van der Waals surface area contributed by atoms with Crippen molar-refractivity contribution in [1.82, 2.24) is 9.88 Å². The van der Waals surface area contributed by atoms with Crippen molar-refractivity contribution < 1.29 is 23.9 Å². The van der Waals surface area contributed by atoms with Crippen LogP contribution in [-0.2, 0) is 27.2 Å². The van der Waals surface area contributed by atoms with Crippen molar-refractivity contribution in [2.75, 3.05) is 6.54 Å². The smallest absolute Gasteiger partial charge is 0.355 e. The summed E-state index contributed by atoms with van der Waals surface area (Å²) >= 11 is 0. The Morgan fingerprint density at radius 2 is 1.67 bits per heavy atom. The summed E-state index contributed by atoms with van der Waals surface area (Å²) in [6, 6.07) is 8.02. The fourth-order valence-corrected chi connectivity index (χ4v) is 3.74. The lowest BCUT2D eigenvalue weighted by atomic mass is 9.99. The van der Waals surface area contributed by atoms with Crippen LogP contribution < -0.4 is 0 Å². The van der Waals surface area contributed by atoms with E-state index >= 15 is 0 Å². The first-order chi connectivity index (χ1) is 14.2. The molecule has 1 atom stereocenters. The number of fused-ring (bicyclic) bond motifs is 1. The SMILES string of the molecule is Cc1[nH]c(C(=O)O[C@@H](C)C(=O)N2CCc3ccccc3C2)c(C)c1C(=O)OC(C)C. The third-order valence-electron chi connectivity index (χ3n) is 5.26. The van der Waals surface area contributed by atoms with Crippen LogP contribution in [0.4, 0.5) is 0 Å². The van der Waals surface area contributed by atoms with E-state index in [1.165, 1.54) is 5.56 Å². The molecule has 1 aliphatic rings. The maximum atomic E-state index is 12.8. The molecule has 0 spiro atoms. The van der Waals surface area contributed by atoms with Gasteiger partial charge in [0.25, 0.3) is 5.91 Å². The van der Waals surface area contributed by atoms with Gasteiger partial charge in [-0.05, 0) is 57.7 Å². The van der Waals surface area contributed by atoms with E-state index in [-0.39, 0.29) is 17.7 Å². The van der Waals surface area contributed by atoms with Gasteiger partial charge in [-0.1, -0.05) is 24.3 Å². The van der Waals surface area contributed by atoms with Crippen LogP contribution in [0.1, 0.15) is 64.0 Å². The molecule has 1 aromatic heterocycles. The number of H-pyrrole nitrogens is 1. The van der Waals surface area contributed by atoms with Crippen LogP contribution in [0.2, 0.25) is 0 Å². The number of nitrogens with one attached hydrogen (secondary N) is 1. The van der Waals surface area contributed by atoms with Crippen LogP contribution >= 0.6 is 0 Å². The van der Waals surface area contributed by atoms with E-state index in [9.17, 15) is 14.4 Å². The zero-order valence-corrected chi connectivity index (χ0v) is 18.1. The number of esters is 2. The van der Waals surface area contributed by atoms with Crippen LogP contribution in [0.3, 0.4) is 0 Å². The highest BCUT2D eigenvalue weighted by molar-refractivity contribution is 5.99. The molecule has 7 nitrogen and oxygen atoms in total. The second kappa shape index (κ2) is 8.73. The molecule has 1 amide bonds. The summed E-state index contributed by atoms with van der Waals surface area (Å²) in [7, 11) is 0. The summed E-state index contributed by atoms with van der Waals surface area (Å²) in [5, 5.41) is 0. The monoisotopic (exact) mass is 412 g/mol. The number of carbonyl (C=O) groups excluding carboxylic acids is 3. The topological polar surface area (TPSA) is 88.7 Å². The average Bonchev–Trinajstić information content (AvgIpc) is 3.00. The minimum atomic E-state index is -0.933. The minimum Gasteiger partial charge on any atom is -0.459 e. The zero-order chi connectivity index (χ0) is 22.0. The molecule has 2 heterocycles. The fourth-order valence-electron chi connectivity index (χ4n) is 3.74. The van der Waals surface area contributed by atoms with Crippen molar-refractivity contribution in [3.63, 3.8) is 0 Å². The molecule has 2 aromatic rings. The van der Waals surface area contributed by atoms with E-state index in [1.807, 2.05) is 18.2 Å². The van der Waals surface area contributed by atoms with Gasteiger partial charge in [-0.2, -0.15) is 0 Å². The normalized spacial score (nSPS) is 14.3. The Hall–Kier alpha value is -3.09. The fraction of sp³-hybridized carbons (Fsp3) is 0.435. The summed E-state index contributed by atoms with van der Waals surface area (Å²) in [4.78, 5) is 42.4. The van der Waals surface area contributed by atoms with Crippen molar-refractivity contribution in [3.05, 3.63) is 57.9 Å². The maximum absolute atomic E-state index is 12.8. The number of carbonyl (C=O) groups is 3.